The minimum atomic E-state index is -0.0494. The standard InChI is InChI=1S/C20H22N4O2S2/c1-13-7-8-16(9-14(13)2)22-19-23-24-20(28-19)27-12-18(25)21-11-15-5-4-6-17(10-15)26-3/h4-10H,11-12H2,1-3H3,(H,21,25)(H,22,23). The highest BCUT2D eigenvalue weighted by Crippen LogP contribution is 2.28. The molecule has 0 aliphatic carbocycles. The molecule has 2 aromatic carbocycles. The molecular formula is C20H22N4O2S2. The summed E-state index contributed by atoms with van der Waals surface area (Å²) >= 11 is 2.81. The molecule has 6 nitrogen and oxygen atoms in total. The highest BCUT2D eigenvalue weighted by atomic mass is 32.2. The summed E-state index contributed by atoms with van der Waals surface area (Å²) in [4.78, 5) is 12.1. The largest absolute Gasteiger partial charge is 0.497 e. The normalized spacial score (nSPS) is 10.5. The molecule has 8 heteroatoms. The Morgan fingerprint density at radius 3 is 2.79 bits per heavy atom. The number of carbonyl (C=O) groups is 1. The fourth-order valence-corrected chi connectivity index (χ4v) is 4.02. The lowest BCUT2D eigenvalue weighted by Gasteiger charge is -2.06. The molecule has 0 bridgehead atoms. The van der Waals surface area contributed by atoms with Gasteiger partial charge in [-0.1, -0.05) is 41.3 Å². The van der Waals surface area contributed by atoms with Gasteiger partial charge >= 0.3 is 0 Å². The van der Waals surface area contributed by atoms with Crippen LogP contribution in [0.3, 0.4) is 0 Å². The molecule has 146 valence electrons. The molecule has 0 saturated heterocycles. The van der Waals surface area contributed by atoms with E-state index in [1.807, 2.05) is 30.3 Å². The van der Waals surface area contributed by atoms with E-state index >= 15 is 0 Å². The van der Waals surface area contributed by atoms with E-state index in [0.29, 0.717) is 17.4 Å². The van der Waals surface area contributed by atoms with Crippen LogP contribution in [0.25, 0.3) is 0 Å². The van der Waals surface area contributed by atoms with Crippen LogP contribution in [0.5, 0.6) is 5.75 Å². The molecular weight excluding hydrogens is 392 g/mol. The van der Waals surface area contributed by atoms with E-state index in [4.69, 9.17) is 4.74 Å². The van der Waals surface area contributed by atoms with Gasteiger partial charge < -0.3 is 15.4 Å². The quantitative estimate of drug-likeness (QED) is 0.535. The number of amides is 1. The van der Waals surface area contributed by atoms with Crippen LogP contribution < -0.4 is 15.4 Å². The maximum Gasteiger partial charge on any atom is 0.230 e. The summed E-state index contributed by atoms with van der Waals surface area (Å²) in [6.45, 7) is 4.62. The van der Waals surface area contributed by atoms with Crippen molar-refractivity contribution in [1.29, 1.82) is 0 Å². The van der Waals surface area contributed by atoms with Gasteiger partial charge in [0.1, 0.15) is 5.75 Å². The van der Waals surface area contributed by atoms with Crippen LogP contribution in [0.4, 0.5) is 10.8 Å². The second kappa shape index (κ2) is 9.57. The smallest absolute Gasteiger partial charge is 0.230 e. The predicted octanol–water partition coefficient (Wildman–Crippen LogP) is 4.32. The van der Waals surface area contributed by atoms with Crippen molar-refractivity contribution in [1.82, 2.24) is 15.5 Å². The van der Waals surface area contributed by atoms with Gasteiger partial charge in [-0.3, -0.25) is 4.79 Å². The van der Waals surface area contributed by atoms with Crippen molar-refractivity contribution >= 4 is 39.8 Å². The SMILES string of the molecule is COc1cccc(CNC(=O)CSc2nnc(Nc3ccc(C)c(C)c3)s2)c1. The Kier molecular flexibility index (Phi) is 6.89. The van der Waals surface area contributed by atoms with Crippen molar-refractivity contribution in [2.24, 2.45) is 0 Å². The third-order valence-electron chi connectivity index (χ3n) is 4.12. The predicted molar refractivity (Wildman–Crippen MR) is 115 cm³/mol. The number of methoxy groups -OCH3 is 1. The van der Waals surface area contributed by atoms with Gasteiger partial charge in [-0.25, -0.2) is 0 Å². The van der Waals surface area contributed by atoms with E-state index in [-0.39, 0.29) is 5.91 Å². The number of ether oxygens (including phenoxy) is 1. The van der Waals surface area contributed by atoms with Crippen LogP contribution in [0.15, 0.2) is 46.8 Å². The van der Waals surface area contributed by atoms with Crippen molar-refractivity contribution in [2.75, 3.05) is 18.2 Å². The molecule has 2 N–H and O–H groups in total. The third kappa shape index (κ3) is 5.71. The monoisotopic (exact) mass is 414 g/mol. The number of nitrogens with one attached hydrogen (secondary N) is 2. The van der Waals surface area contributed by atoms with E-state index in [1.165, 1.54) is 34.2 Å². The Bertz CT molecular complexity index is 959. The topological polar surface area (TPSA) is 76.1 Å². The van der Waals surface area contributed by atoms with Crippen LogP contribution in [0.2, 0.25) is 0 Å². The Hall–Kier alpha value is -2.58. The van der Waals surface area contributed by atoms with Crippen LogP contribution in [-0.2, 0) is 11.3 Å². The Morgan fingerprint density at radius 1 is 1.14 bits per heavy atom. The summed E-state index contributed by atoms with van der Waals surface area (Å²) in [6.07, 6.45) is 0. The average molecular weight is 415 g/mol. The van der Waals surface area contributed by atoms with Gasteiger partial charge in [0.25, 0.3) is 0 Å². The minimum absolute atomic E-state index is 0.0494. The third-order valence-corrected chi connectivity index (χ3v) is 6.09. The van der Waals surface area contributed by atoms with E-state index in [1.54, 1.807) is 7.11 Å². The molecule has 0 atom stereocenters. The number of rotatable bonds is 8. The Balaban J connectivity index is 1.46. The van der Waals surface area contributed by atoms with Crippen molar-refractivity contribution < 1.29 is 9.53 Å². The first-order chi connectivity index (χ1) is 13.5. The van der Waals surface area contributed by atoms with E-state index < -0.39 is 0 Å². The summed E-state index contributed by atoms with van der Waals surface area (Å²) in [5, 5.41) is 15.2. The summed E-state index contributed by atoms with van der Waals surface area (Å²) in [7, 11) is 1.62. The number of aryl methyl sites for hydroxylation is 2. The molecule has 28 heavy (non-hydrogen) atoms. The maximum absolute atomic E-state index is 12.1. The first kappa shape index (κ1) is 20.2. The average Bonchev–Trinajstić information content (AvgIpc) is 3.15. The molecule has 0 unspecified atom stereocenters. The van der Waals surface area contributed by atoms with Gasteiger partial charge in [-0.15, -0.1) is 10.2 Å². The van der Waals surface area contributed by atoms with Gasteiger partial charge in [-0.2, -0.15) is 0 Å². The number of aromatic nitrogens is 2. The number of benzene rings is 2. The summed E-state index contributed by atoms with van der Waals surface area (Å²) in [6, 6.07) is 13.8. The molecule has 1 heterocycles. The zero-order valence-corrected chi connectivity index (χ0v) is 17.6. The zero-order chi connectivity index (χ0) is 19.9. The highest BCUT2D eigenvalue weighted by Gasteiger charge is 2.09. The van der Waals surface area contributed by atoms with Crippen LogP contribution in [-0.4, -0.2) is 29.0 Å². The molecule has 0 aliphatic heterocycles. The fourth-order valence-electron chi connectivity index (χ4n) is 2.42. The minimum Gasteiger partial charge on any atom is -0.497 e. The molecule has 0 spiro atoms. The van der Waals surface area contributed by atoms with Crippen LogP contribution >= 0.6 is 23.1 Å². The molecule has 1 amide bonds. The van der Waals surface area contributed by atoms with Crippen molar-refractivity contribution in [3.8, 4) is 5.75 Å². The molecule has 0 aliphatic rings. The Labute approximate surface area is 172 Å². The molecule has 0 fully saturated rings. The summed E-state index contributed by atoms with van der Waals surface area (Å²) in [5.74, 6) is 1.02. The number of thioether (sulfide) groups is 1. The van der Waals surface area contributed by atoms with E-state index in [0.717, 1.165) is 21.3 Å². The van der Waals surface area contributed by atoms with Gasteiger partial charge in [0, 0.05) is 12.2 Å². The van der Waals surface area contributed by atoms with Crippen LogP contribution in [0.1, 0.15) is 16.7 Å². The molecule has 1 aromatic heterocycles. The zero-order valence-electron chi connectivity index (χ0n) is 16.0. The number of carbonyl (C=O) groups excluding carboxylic acids is 1. The molecule has 0 radical (unpaired) electrons. The lowest BCUT2D eigenvalue weighted by molar-refractivity contribution is -0.118. The molecule has 0 saturated carbocycles. The van der Waals surface area contributed by atoms with Gasteiger partial charge in [0.15, 0.2) is 4.34 Å². The molecule has 3 rings (SSSR count). The fraction of sp³-hybridized carbons (Fsp3) is 0.250. The first-order valence-electron chi connectivity index (χ1n) is 8.73. The van der Waals surface area contributed by atoms with Gasteiger partial charge in [-0.05, 0) is 54.8 Å². The maximum atomic E-state index is 12.1. The summed E-state index contributed by atoms with van der Waals surface area (Å²) in [5.41, 5.74) is 4.44. The highest BCUT2D eigenvalue weighted by molar-refractivity contribution is 8.01. The number of nitrogens with zero attached hydrogens (tertiary/aromatic N) is 2. The van der Waals surface area contributed by atoms with Crippen molar-refractivity contribution in [2.45, 2.75) is 24.7 Å². The second-order valence-corrected chi connectivity index (χ2v) is 8.41. The second-order valence-electron chi connectivity index (χ2n) is 6.21. The first-order valence-corrected chi connectivity index (χ1v) is 10.5. The number of hydrogen-bond donors (Lipinski definition) is 2. The number of anilines is 2. The van der Waals surface area contributed by atoms with Crippen LogP contribution in [0, 0.1) is 13.8 Å². The van der Waals surface area contributed by atoms with E-state index in [2.05, 4.69) is 46.8 Å². The lowest BCUT2D eigenvalue weighted by Crippen LogP contribution is -2.24. The Morgan fingerprint density at radius 2 is 2.00 bits per heavy atom. The van der Waals surface area contributed by atoms with Gasteiger partial charge in [0.05, 0.1) is 12.9 Å². The lowest BCUT2D eigenvalue weighted by atomic mass is 10.1. The summed E-state index contributed by atoms with van der Waals surface area (Å²) < 4.78 is 5.94. The van der Waals surface area contributed by atoms with Gasteiger partial charge in [0.2, 0.25) is 11.0 Å². The van der Waals surface area contributed by atoms with E-state index in [9.17, 15) is 4.79 Å². The number of hydrogen-bond acceptors (Lipinski definition) is 7. The van der Waals surface area contributed by atoms with Crippen molar-refractivity contribution in [3.63, 3.8) is 0 Å². The van der Waals surface area contributed by atoms with Crippen molar-refractivity contribution in [3.05, 3.63) is 59.2 Å². The molecule has 3 aromatic rings.